The minimum absolute atomic E-state index is 0.279. The van der Waals surface area contributed by atoms with Crippen LogP contribution in [0.5, 0.6) is 0 Å². The average Bonchev–Trinajstić information content (AvgIpc) is 2.48. The van der Waals surface area contributed by atoms with Crippen molar-refractivity contribution in [1.29, 1.82) is 0 Å². The molecular weight excluding hydrogens is 300 g/mol. The van der Waals surface area contributed by atoms with E-state index in [0.29, 0.717) is 25.2 Å². The maximum Gasteiger partial charge on any atom is 0.336 e. The summed E-state index contributed by atoms with van der Waals surface area (Å²) in [7, 11) is 0. The summed E-state index contributed by atoms with van der Waals surface area (Å²) < 4.78 is 26.5. The normalized spacial score (nSPS) is 18.6. The molecule has 4 nitrogen and oxygen atoms in total. The molecule has 0 bridgehead atoms. The molecule has 1 aromatic carbocycles. The van der Waals surface area contributed by atoms with E-state index in [1.165, 1.54) is 4.90 Å². The van der Waals surface area contributed by atoms with Crippen LogP contribution in [-0.2, 0) is 0 Å². The van der Waals surface area contributed by atoms with Crippen LogP contribution in [0, 0.1) is 11.6 Å². The van der Waals surface area contributed by atoms with Crippen LogP contribution in [0.2, 0.25) is 0 Å². The van der Waals surface area contributed by atoms with Crippen molar-refractivity contribution in [3.8, 4) is 0 Å². The minimum atomic E-state index is -1.45. The molecule has 1 aliphatic heterocycles. The van der Waals surface area contributed by atoms with Gasteiger partial charge in [0.2, 0.25) is 0 Å². The number of hydrogen-bond acceptors (Lipinski definition) is 3. The predicted octanol–water partition coefficient (Wildman–Crippen LogP) is 2.63. The second-order valence-electron chi connectivity index (χ2n) is 4.77. The molecule has 1 atom stereocenters. The smallest absolute Gasteiger partial charge is 0.336 e. The third kappa shape index (κ3) is 3.34. The molecule has 0 radical (unpaired) electrons. The average molecular weight is 315 g/mol. The zero-order valence-corrected chi connectivity index (χ0v) is 12.3. The Hall–Kier alpha value is -1.63. The molecule has 1 aliphatic rings. The number of rotatable bonds is 3. The summed E-state index contributed by atoms with van der Waals surface area (Å²) in [6, 6.07) is 1.23. The Labute approximate surface area is 125 Å². The first-order valence-corrected chi connectivity index (χ1v) is 7.62. The maximum absolute atomic E-state index is 13.4. The highest BCUT2D eigenvalue weighted by atomic mass is 32.2. The van der Waals surface area contributed by atoms with Crippen molar-refractivity contribution >= 4 is 23.6 Å². The number of halogens is 2. The molecule has 0 aromatic heterocycles. The lowest BCUT2D eigenvalue weighted by atomic mass is 10.1. The number of carboxylic acid groups (broad SMARTS) is 1. The summed E-state index contributed by atoms with van der Waals surface area (Å²) >= 11 is 1.75. The summed E-state index contributed by atoms with van der Waals surface area (Å²) in [5, 5.41) is 9.34. The summed E-state index contributed by atoms with van der Waals surface area (Å²) in [6.45, 7) is 2.96. The van der Waals surface area contributed by atoms with Gasteiger partial charge >= 0.3 is 5.97 Å². The van der Waals surface area contributed by atoms with E-state index in [0.717, 1.165) is 12.2 Å². The van der Waals surface area contributed by atoms with Crippen molar-refractivity contribution in [2.24, 2.45) is 0 Å². The molecule has 1 saturated heterocycles. The summed E-state index contributed by atoms with van der Waals surface area (Å²) in [5.41, 5.74) is -0.812. The Morgan fingerprint density at radius 1 is 1.33 bits per heavy atom. The maximum atomic E-state index is 13.4. The van der Waals surface area contributed by atoms with Gasteiger partial charge in [-0.2, -0.15) is 11.8 Å². The molecule has 114 valence electrons. The Bertz CT molecular complexity index is 580. The number of hydrogen-bond donors (Lipinski definition) is 1. The van der Waals surface area contributed by atoms with Crippen LogP contribution in [-0.4, -0.2) is 46.0 Å². The highest BCUT2D eigenvalue weighted by Gasteiger charge is 2.28. The largest absolute Gasteiger partial charge is 0.478 e. The number of nitrogens with zero attached hydrogens (tertiary/aromatic N) is 1. The number of amides is 1. The van der Waals surface area contributed by atoms with E-state index in [1.807, 2.05) is 6.92 Å². The van der Waals surface area contributed by atoms with Gasteiger partial charge in [-0.05, 0) is 18.6 Å². The van der Waals surface area contributed by atoms with Crippen LogP contribution in [0.3, 0.4) is 0 Å². The predicted molar refractivity (Wildman–Crippen MR) is 75.8 cm³/mol. The van der Waals surface area contributed by atoms with Crippen molar-refractivity contribution in [1.82, 2.24) is 4.90 Å². The van der Waals surface area contributed by atoms with Crippen molar-refractivity contribution in [3.63, 3.8) is 0 Å². The molecule has 1 amide bonds. The van der Waals surface area contributed by atoms with E-state index in [9.17, 15) is 18.4 Å². The SMILES string of the molecule is CCC1CN(C(=O)c2cc(F)c(F)cc2C(=O)O)CCS1. The monoisotopic (exact) mass is 315 g/mol. The molecule has 1 fully saturated rings. The Balaban J connectivity index is 2.34. The van der Waals surface area contributed by atoms with Gasteiger partial charge in [-0.1, -0.05) is 6.92 Å². The van der Waals surface area contributed by atoms with E-state index in [4.69, 9.17) is 5.11 Å². The fourth-order valence-corrected chi connectivity index (χ4v) is 3.40. The molecule has 1 aromatic rings. The Kier molecular flexibility index (Phi) is 4.82. The molecule has 2 rings (SSSR count). The van der Waals surface area contributed by atoms with Gasteiger partial charge in [0.25, 0.3) is 5.91 Å². The number of carbonyl (C=O) groups is 2. The molecule has 1 unspecified atom stereocenters. The fraction of sp³-hybridized carbons (Fsp3) is 0.429. The first-order chi connectivity index (χ1) is 9.93. The third-order valence-electron chi connectivity index (χ3n) is 3.40. The van der Waals surface area contributed by atoms with Gasteiger partial charge < -0.3 is 10.0 Å². The van der Waals surface area contributed by atoms with Crippen molar-refractivity contribution < 1.29 is 23.5 Å². The van der Waals surface area contributed by atoms with Gasteiger partial charge in [0.1, 0.15) is 0 Å². The van der Waals surface area contributed by atoms with Gasteiger partial charge in [0.15, 0.2) is 11.6 Å². The molecule has 1 N–H and O–H groups in total. The van der Waals surface area contributed by atoms with Crippen LogP contribution < -0.4 is 0 Å². The number of carbonyl (C=O) groups excluding carboxylic acids is 1. The lowest BCUT2D eigenvalue weighted by molar-refractivity contribution is 0.0675. The minimum Gasteiger partial charge on any atom is -0.478 e. The standard InChI is InChI=1S/C14H15F2NO3S/c1-2-8-7-17(3-4-21-8)13(18)9-5-11(15)12(16)6-10(9)14(19)20/h5-6,8H,2-4,7H2,1H3,(H,19,20). The molecule has 21 heavy (non-hydrogen) atoms. The zero-order chi connectivity index (χ0) is 15.6. The number of thioether (sulfide) groups is 1. The molecular formula is C14H15F2NO3S. The van der Waals surface area contributed by atoms with Crippen LogP contribution in [0.15, 0.2) is 12.1 Å². The van der Waals surface area contributed by atoms with E-state index >= 15 is 0 Å². The van der Waals surface area contributed by atoms with Crippen LogP contribution >= 0.6 is 11.8 Å². The lowest BCUT2D eigenvalue weighted by Gasteiger charge is -2.32. The van der Waals surface area contributed by atoms with Gasteiger partial charge in [-0.3, -0.25) is 4.79 Å². The van der Waals surface area contributed by atoms with E-state index in [1.54, 1.807) is 11.8 Å². The third-order valence-corrected chi connectivity index (χ3v) is 4.77. The first kappa shape index (κ1) is 15.8. The van der Waals surface area contributed by atoms with E-state index in [2.05, 4.69) is 0 Å². The zero-order valence-electron chi connectivity index (χ0n) is 11.4. The Morgan fingerprint density at radius 3 is 2.52 bits per heavy atom. The number of benzene rings is 1. The number of carboxylic acids is 1. The van der Waals surface area contributed by atoms with E-state index in [-0.39, 0.29) is 10.8 Å². The molecule has 0 spiro atoms. The Morgan fingerprint density at radius 2 is 1.95 bits per heavy atom. The van der Waals surface area contributed by atoms with Crippen molar-refractivity contribution in [2.75, 3.05) is 18.8 Å². The van der Waals surface area contributed by atoms with Gasteiger partial charge in [-0.25, -0.2) is 13.6 Å². The molecule has 0 aliphatic carbocycles. The van der Waals surface area contributed by atoms with Crippen molar-refractivity contribution in [2.45, 2.75) is 18.6 Å². The summed E-state index contributed by atoms with van der Waals surface area (Å²) in [5.74, 6) is -3.76. The fourth-order valence-electron chi connectivity index (χ4n) is 2.22. The first-order valence-electron chi connectivity index (χ1n) is 6.57. The second kappa shape index (κ2) is 6.43. The summed E-state index contributed by atoms with van der Waals surface area (Å²) in [4.78, 5) is 25.0. The van der Waals surface area contributed by atoms with Gasteiger partial charge in [-0.15, -0.1) is 0 Å². The van der Waals surface area contributed by atoms with E-state index < -0.39 is 29.1 Å². The quantitative estimate of drug-likeness (QED) is 0.931. The van der Waals surface area contributed by atoms with Crippen molar-refractivity contribution in [3.05, 3.63) is 34.9 Å². The van der Waals surface area contributed by atoms with Gasteiger partial charge in [0.05, 0.1) is 11.1 Å². The van der Waals surface area contributed by atoms with Crippen LogP contribution in [0.4, 0.5) is 8.78 Å². The topological polar surface area (TPSA) is 57.6 Å². The van der Waals surface area contributed by atoms with Crippen LogP contribution in [0.1, 0.15) is 34.1 Å². The lowest BCUT2D eigenvalue weighted by Crippen LogP contribution is -2.42. The molecule has 0 saturated carbocycles. The molecule has 1 heterocycles. The summed E-state index contributed by atoms with van der Waals surface area (Å²) in [6.07, 6.45) is 0.887. The van der Waals surface area contributed by atoms with Gasteiger partial charge in [0, 0.05) is 24.1 Å². The highest BCUT2D eigenvalue weighted by Crippen LogP contribution is 2.24. The number of aromatic carboxylic acids is 1. The second-order valence-corrected chi connectivity index (χ2v) is 6.18. The molecule has 7 heteroatoms. The van der Waals surface area contributed by atoms with Crippen LogP contribution in [0.25, 0.3) is 0 Å². The highest BCUT2D eigenvalue weighted by molar-refractivity contribution is 8.00.